The molecule has 0 aromatic heterocycles. The van der Waals surface area contributed by atoms with Crippen molar-refractivity contribution in [2.45, 2.75) is 225 Å². The number of benzene rings is 4. The van der Waals surface area contributed by atoms with E-state index >= 15 is 0 Å². The van der Waals surface area contributed by atoms with Gasteiger partial charge in [0.1, 0.15) is 0 Å². The normalized spacial score (nSPS) is 40.7. The molecule has 0 N–H and O–H groups in total. The van der Waals surface area contributed by atoms with E-state index in [4.69, 9.17) is 0 Å². The minimum atomic E-state index is 0.823. The molecule has 18 aliphatic rings. The molecule has 4 aromatic carbocycles. The van der Waals surface area contributed by atoms with Gasteiger partial charge in [-0.1, -0.05) is 0 Å². The first kappa shape index (κ1) is 29.8. The summed E-state index contributed by atoms with van der Waals surface area (Å²) in [4.78, 5) is 0. The third kappa shape index (κ3) is 3.27. The average molecular weight is 709 g/mol. The van der Waals surface area contributed by atoms with Gasteiger partial charge in [-0.2, -0.15) is 0 Å². The standard InChI is InChI=1S/C54H60/c1-13-31-14-2-25(1)37-38-26-3-15-32(16-4-26)44(38)50-49(43(31)37)51-45-33-17-5-27(6-18-33)39(45)40-28-9-21-35(22-10-28)47(40)53(51)54-48-36-23-11-30(12-24-36)42(48)41-29-7-19-34(20-8-29)46(41)52(50)54/h25-36H,1-24H2. The van der Waals surface area contributed by atoms with Crippen LogP contribution < -0.4 is 0 Å². The van der Waals surface area contributed by atoms with Crippen LogP contribution in [0.15, 0.2) is 0 Å². The van der Waals surface area contributed by atoms with Crippen LogP contribution in [0, 0.1) is 0 Å². The van der Waals surface area contributed by atoms with Gasteiger partial charge in [0.15, 0.2) is 0 Å². The van der Waals surface area contributed by atoms with E-state index in [0.717, 1.165) is 71.0 Å². The molecule has 0 heteroatoms. The van der Waals surface area contributed by atoms with Gasteiger partial charge >= 0.3 is 0 Å². The van der Waals surface area contributed by atoms with E-state index in [1.54, 1.807) is 0 Å². The largest absolute Gasteiger partial charge is 0.0458 e. The van der Waals surface area contributed by atoms with E-state index in [1.165, 1.54) is 154 Å². The summed E-state index contributed by atoms with van der Waals surface area (Å²) in [6.07, 6.45) is 35.8. The van der Waals surface area contributed by atoms with Crippen molar-refractivity contribution in [3.05, 3.63) is 66.8 Å². The summed E-state index contributed by atoms with van der Waals surface area (Å²) in [5.74, 6) is 10.1. The van der Waals surface area contributed by atoms with E-state index < -0.39 is 0 Å². The number of fused-ring (bicyclic) bond motifs is 18. The molecule has 0 spiro atoms. The Labute approximate surface area is 323 Å². The Morgan fingerprint density at radius 3 is 0.333 bits per heavy atom. The summed E-state index contributed by atoms with van der Waals surface area (Å²) in [5.41, 5.74) is 24.3. The Morgan fingerprint density at radius 2 is 0.222 bits per heavy atom. The highest BCUT2D eigenvalue weighted by molar-refractivity contribution is 6.32. The van der Waals surface area contributed by atoms with Crippen LogP contribution in [0.1, 0.15) is 292 Å². The molecule has 22 rings (SSSR count). The van der Waals surface area contributed by atoms with Gasteiger partial charge in [-0.15, -0.1) is 0 Å². The highest BCUT2D eigenvalue weighted by Gasteiger charge is 2.51. The van der Waals surface area contributed by atoms with Crippen molar-refractivity contribution in [3.8, 4) is 0 Å². The van der Waals surface area contributed by atoms with E-state index in [0.29, 0.717) is 0 Å². The van der Waals surface area contributed by atoms with Gasteiger partial charge in [-0.25, -0.2) is 0 Å². The maximum Gasteiger partial charge on any atom is -0.00549 e. The van der Waals surface area contributed by atoms with Crippen molar-refractivity contribution >= 4 is 32.3 Å². The Morgan fingerprint density at radius 1 is 0.130 bits per heavy atom. The lowest BCUT2D eigenvalue weighted by molar-refractivity contribution is 0.327. The summed E-state index contributed by atoms with van der Waals surface area (Å²) in [7, 11) is 0. The van der Waals surface area contributed by atoms with Crippen molar-refractivity contribution in [2.24, 2.45) is 0 Å². The lowest BCUT2D eigenvalue weighted by atomic mass is 9.52. The topological polar surface area (TPSA) is 0 Å². The lowest BCUT2D eigenvalue weighted by Crippen LogP contribution is -2.33. The molecule has 0 nitrogen and oxygen atoms in total. The van der Waals surface area contributed by atoms with Gasteiger partial charge in [-0.3, -0.25) is 0 Å². The molecular formula is C54H60. The SMILES string of the molecule is C1CC2CCC1c1c3c(c4c(c12)c1c2c(c5c(c1c1c6c(c7c(c41)C1CCC7CC1)C1CCC6CC1)C1CCC5CC1)C1CCC2CC1)C1CCC3CC1. The maximum absolute atomic E-state index is 2.02. The molecule has 18 aliphatic carbocycles. The summed E-state index contributed by atoms with van der Waals surface area (Å²) < 4.78 is 0. The predicted octanol–water partition coefficient (Wildman–Crippen LogP) is 15.7. The van der Waals surface area contributed by atoms with Crippen LogP contribution in [0.2, 0.25) is 0 Å². The van der Waals surface area contributed by atoms with E-state index in [-0.39, 0.29) is 0 Å². The Balaban J connectivity index is 1.26. The third-order valence-corrected chi connectivity index (χ3v) is 21.0. The maximum atomic E-state index is 2.02. The summed E-state index contributed by atoms with van der Waals surface area (Å²) in [5, 5.41) is 11.9. The first-order chi connectivity index (χ1) is 26.8. The minimum Gasteiger partial charge on any atom is -0.0458 e. The van der Waals surface area contributed by atoms with Gasteiger partial charge in [0.2, 0.25) is 0 Å². The van der Waals surface area contributed by atoms with Gasteiger partial charge in [0, 0.05) is 0 Å². The molecule has 0 radical (unpaired) electrons. The predicted molar refractivity (Wildman–Crippen MR) is 223 cm³/mol. The van der Waals surface area contributed by atoms with E-state index in [1.807, 2.05) is 99.1 Å². The molecule has 0 aliphatic heterocycles. The highest BCUT2D eigenvalue weighted by Crippen LogP contribution is 2.70. The van der Waals surface area contributed by atoms with Gasteiger partial charge < -0.3 is 0 Å². The van der Waals surface area contributed by atoms with E-state index in [2.05, 4.69) is 0 Å². The van der Waals surface area contributed by atoms with Crippen LogP contribution in [0.4, 0.5) is 0 Å². The molecule has 54 heavy (non-hydrogen) atoms. The molecule has 12 bridgehead atoms. The second-order valence-electron chi connectivity index (χ2n) is 22.5. The van der Waals surface area contributed by atoms with E-state index in [9.17, 15) is 0 Å². The summed E-state index contributed by atoms with van der Waals surface area (Å²) in [6, 6.07) is 0. The Kier molecular flexibility index (Phi) is 5.54. The Hall–Kier alpha value is -2.34. The van der Waals surface area contributed by atoms with Crippen molar-refractivity contribution in [2.75, 3.05) is 0 Å². The number of hydrogen-bond acceptors (Lipinski definition) is 0. The van der Waals surface area contributed by atoms with Gasteiger partial charge in [0.05, 0.1) is 0 Å². The highest BCUT2D eigenvalue weighted by atomic mass is 14.5. The molecule has 276 valence electrons. The lowest BCUT2D eigenvalue weighted by Gasteiger charge is -2.51. The zero-order valence-corrected chi connectivity index (χ0v) is 32.9. The first-order valence-electron chi connectivity index (χ1n) is 24.5. The molecule has 4 aromatic rings. The van der Waals surface area contributed by atoms with Crippen LogP contribution >= 0.6 is 0 Å². The molecule has 0 atom stereocenters. The molecule has 6 saturated carbocycles. The molecule has 0 saturated heterocycles. The Bertz CT molecular complexity index is 1940. The second kappa shape index (κ2) is 10.0. The third-order valence-electron chi connectivity index (χ3n) is 21.0. The second-order valence-corrected chi connectivity index (χ2v) is 22.5. The summed E-state index contributed by atoms with van der Waals surface area (Å²) >= 11 is 0. The number of rotatable bonds is 0. The zero-order valence-electron chi connectivity index (χ0n) is 32.9. The quantitative estimate of drug-likeness (QED) is 0.160. The molecule has 0 heterocycles. The molecular weight excluding hydrogens is 649 g/mol. The fraction of sp³-hybridized carbons (Fsp3) is 0.667. The van der Waals surface area contributed by atoms with Crippen LogP contribution in [-0.4, -0.2) is 0 Å². The van der Waals surface area contributed by atoms with Crippen molar-refractivity contribution in [1.82, 2.24) is 0 Å². The fourth-order valence-corrected chi connectivity index (χ4v) is 19.3. The zero-order chi connectivity index (χ0) is 34.3. The smallest absolute Gasteiger partial charge is 0.00549 e. The summed E-state index contributed by atoms with van der Waals surface area (Å²) in [6.45, 7) is 0. The van der Waals surface area contributed by atoms with Crippen molar-refractivity contribution < 1.29 is 0 Å². The van der Waals surface area contributed by atoms with Crippen molar-refractivity contribution in [3.63, 3.8) is 0 Å². The van der Waals surface area contributed by atoms with Crippen LogP contribution in [0.25, 0.3) is 32.3 Å². The van der Waals surface area contributed by atoms with Crippen LogP contribution in [0.5, 0.6) is 0 Å². The van der Waals surface area contributed by atoms with Crippen LogP contribution in [0.3, 0.4) is 0 Å². The molecule has 6 fully saturated rings. The van der Waals surface area contributed by atoms with Crippen molar-refractivity contribution in [1.29, 1.82) is 0 Å². The molecule has 0 unspecified atom stereocenters. The molecule has 0 amide bonds. The fourth-order valence-electron chi connectivity index (χ4n) is 19.3. The monoisotopic (exact) mass is 708 g/mol. The van der Waals surface area contributed by atoms with Gasteiger partial charge in [-0.05, 0) is 324 Å². The van der Waals surface area contributed by atoms with Crippen LogP contribution in [-0.2, 0) is 0 Å². The van der Waals surface area contributed by atoms with Gasteiger partial charge in [0.25, 0.3) is 0 Å². The number of hydrogen-bond donors (Lipinski definition) is 0. The minimum absolute atomic E-state index is 0.823. The first-order valence-corrected chi connectivity index (χ1v) is 24.5. The average Bonchev–Trinajstić information content (AvgIpc) is 3.27.